The molecule has 0 saturated carbocycles. The largest absolute Gasteiger partial charge is 0.492 e. The fourth-order valence-electron chi connectivity index (χ4n) is 1.76. The number of hydrogen-bond donors (Lipinski definition) is 2. The zero-order valence-corrected chi connectivity index (χ0v) is 12.2. The maximum Gasteiger partial charge on any atom is 0.303 e. The van der Waals surface area contributed by atoms with Crippen molar-refractivity contribution in [3.63, 3.8) is 0 Å². The summed E-state index contributed by atoms with van der Waals surface area (Å²) in [5.74, 6) is -0.132. The van der Waals surface area contributed by atoms with Gasteiger partial charge >= 0.3 is 5.97 Å². The van der Waals surface area contributed by atoms with Crippen LogP contribution in [0.1, 0.15) is 12.8 Å². The minimum Gasteiger partial charge on any atom is -0.492 e. The molecule has 21 heavy (non-hydrogen) atoms. The van der Waals surface area contributed by atoms with Crippen molar-refractivity contribution in [1.82, 2.24) is 10.2 Å². The molecule has 0 unspecified atom stereocenters. The number of nitrogens with one attached hydrogen (secondary N) is 1. The molecule has 0 bridgehead atoms. The van der Waals surface area contributed by atoms with E-state index < -0.39 is 5.97 Å². The fraction of sp³-hybridized carbons (Fsp3) is 0.467. The quantitative estimate of drug-likeness (QED) is 0.629. The third-order valence-corrected chi connectivity index (χ3v) is 2.78. The summed E-state index contributed by atoms with van der Waals surface area (Å²) in [4.78, 5) is 23.8. The first-order valence-corrected chi connectivity index (χ1v) is 6.93. The van der Waals surface area contributed by atoms with Crippen LogP contribution in [0.5, 0.6) is 5.75 Å². The molecule has 1 aromatic rings. The van der Waals surface area contributed by atoms with E-state index >= 15 is 0 Å². The molecule has 0 atom stereocenters. The third-order valence-electron chi connectivity index (χ3n) is 2.78. The van der Waals surface area contributed by atoms with Crippen molar-refractivity contribution in [2.24, 2.45) is 0 Å². The molecule has 1 amide bonds. The molecule has 1 rings (SSSR count). The lowest BCUT2D eigenvalue weighted by atomic mass is 10.3. The molecule has 0 aliphatic carbocycles. The van der Waals surface area contributed by atoms with Crippen molar-refractivity contribution >= 4 is 11.9 Å². The van der Waals surface area contributed by atoms with Crippen molar-refractivity contribution in [2.75, 3.05) is 33.3 Å². The Kier molecular flexibility index (Phi) is 7.89. The number of ether oxygens (including phenoxy) is 1. The van der Waals surface area contributed by atoms with Crippen molar-refractivity contribution in [2.45, 2.75) is 12.8 Å². The van der Waals surface area contributed by atoms with Gasteiger partial charge in [-0.2, -0.15) is 0 Å². The van der Waals surface area contributed by atoms with Crippen LogP contribution in [0.3, 0.4) is 0 Å². The van der Waals surface area contributed by atoms with E-state index in [-0.39, 0.29) is 18.9 Å². The Bertz CT molecular complexity index is 437. The fourth-order valence-corrected chi connectivity index (χ4v) is 1.76. The second-order valence-corrected chi connectivity index (χ2v) is 4.75. The van der Waals surface area contributed by atoms with Gasteiger partial charge in [0.2, 0.25) is 5.91 Å². The number of amides is 1. The van der Waals surface area contributed by atoms with Gasteiger partial charge in [-0.1, -0.05) is 18.2 Å². The number of benzene rings is 1. The summed E-state index contributed by atoms with van der Waals surface area (Å²) in [6, 6.07) is 9.41. The monoisotopic (exact) mass is 294 g/mol. The van der Waals surface area contributed by atoms with E-state index in [0.29, 0.717) is 26.1 Å². The molecule has 0 aromatic heterocycles. The van der Waals surface area contributed by atoms with Crippen molar-refractivity contribution in [1.29, 1.82) is 0 Å². The summed E-state index contributed by atoms with van der Waals surface area (Å²) in [7, 11) is 1.79. The molecule has 2 N–H and O–H groups in total. The number of para-hydroxylation sites is 1. The van der Waals surface area contributed by atoms with E-state index in [0.717, 1.165) is 5.75 Å². The highest BCUT2D eigenvalue weighted by molar-refractivity contribution is 5.77. The number of carbonyl (C=O) groups is 2. The van der Waals surface area contributed by atoms with E-state index in [4.69, 9.17) is 9.84 Å². The average Bonchev–Trinajstić information content (AvgIpc) is 2.44. The van der Waals surface area contributed by atoms with Gasteiger partial charge in [-0.25, -0.2) is 0 Å². The van der Waals surface area contributed by atoms with Gasteiger partial charge in [0.05, 0.1) is 13.1 Å². The highest BCUT2D eigenvalue weighted by Gasteiger charge is 2.06. The maximum absolute atomic E-state index is 11.6. The van der Waals surface area contributed by atoms with Crippen LogP contribution in [0.15, 0.2) is 30.3 Å². The molecule has 0 fully saturated rings. The Balaban J connectivity index is 2.06. The van der Waals surface area contributed by atoms with Crippen molar-refractivity contribution in [3.05, 3.63) is 30.3 Å². The third kappa shape index (κ3) is 8.65. The number of hydrogen-bond acceptors (Lipinski definition) is 4. The Labute approximate surface area is 124 Å². The summed E-state index contributed by atoms with van der Waals surface area (Å²) in [5, 5.41) is 11.3. The van der Waals surface area contributed by atoms with Gasteiger partial charge in [-0.15, -0.1) is 0 Å². The summed E-state index contributed by atoms with van der Waals surface area (Å²) in [5.41, 5.74) is 0. The summed E-state index contributed by atoms with van der Waals surface area (Å²) in [6.07, 6.45) is 0.660. The first-order chi connectivity index (χ1) is 10.1. The van der Waals surface area contributed by atoms with E-state index in [1.54, 1.807) is 11.9 Å². The Hall–Kier alpha value is -2.08. The molecular weight excluding hydrogens is 272 g/mol. The van der Waals surface area contributed by atoms with E-state index in [2.05, 4.69) is 5.32 Å². The van der Waals surface area contributed by atoms with Crippen LogP contribution in [0.4, 0.5) is 0 Å². The smallest absolute Gasteiger partial charge is 0.303 e. The second kappa shape index (κ2) is 9.77. The highest BCUT2D eigenvalue weighted by atomic mass is 16.5. The zero-order valence-electron chi connectivity index (χ0n) is 12.2. The molecule has 0 radical (unpaired) electrons. The van der Waals surface area contributed by atoms with Crippen molar-refractivity contribution < 1.29 is 19.4 Å². The maximum atomic E-state index is 11.6. The lowest BCUT2D eigenvalue weighted by Gasteiger charge is -2.15. The van der Waals surface area contributed by atoms with Crippen LogP contribution in [0.2, 0.25) is 0 Å². The van der Waals surface area contributed by atoms with Crippen LogP contribution in [-0.2, 0) is 9.59 Å². The minimum absolute atomic E-state index is 0.0931. The molecule has 0 aliphatic rings. The average molecular weight is 294 g/mol. The molecule has 0 spiro atoms. The molecule has 6 nitrogen and oxygen atoms in total. The number of likely N-dealkylation sites (N-methyl/N-ethyl adjacent to an activating group) is 1. The van der Waals surface area contributed by atoms with Crippen LogP contribution in [0.25, 0.3) is 0 Å². The summed E-state index contributed by atoms with van der Waals surface area (Å²) >= 11 is 0. The topological polar surface area (TPSA) is 78.9 Å². The number of aliphatic carboxylic acids is 1. The normalized spacial score (nSPS) is 10.4. The lowest BCUT2D eigenvalue weighted by Crippen LogP contribution is -2.37. The van der Waals surface area contributed by atoms with Crippen LogP contribution in [-0.4, -0.2) is 55.2 Å². The lowest BCUT2D eigenvalue weighted by molar-refractivity contribution is -0.137. The first kappa shape index (κ1) is 17.0. The second-order valence-electron chi connectivity index (χ2n) is 4.75. The zero-order chi connectivity index (χ0) is 15.5. The number of nitrogens with zero attached hydrogens (tertiary/aromatic N) is 1. The number of carboxylic acids is 1. The molecule has 0 aliphatic heterocycles. The Morgan fingerprint density at radius 3 is 2.67 bits per heavy atom. The number of rotatable bonds is 10. The highest BCUT2D eigenvalue weighted by Crippen LogP contribution is 2.07. The SMILES string of the molecule is CN(CCCC(=O)O)CC(=O)NCCOc1ccccc1. The van der Waals surface area contributed by atoms with Crippen LogP contribution < -0.4 is 10.1 Å². The van der Waals surface area contributed by atoms with Crippen LogP contribution >= 0.6 is 0 Å². The predicted molar refractivity (Wildman–Crippen MR) is 79.3 cm³/mol. The van der Waals surface area contributed by atoms with Gasteiger partial charge < -0.3 is 15.2 Å². The summed E-state index contributed by atoms with van der Waals surface area (Å²) < 4.78 is 5.46. The molecular formula is C15H22N2O4. The van der Waals surface area contributed by atoms with Gasteiger partial charge in [0.15, 0.2) is 0 Å². The standard InChI is InChI=1S/C15H22N2O4/c1-17(10-5-8-15(19)20)12-14(18)16-9-11-21-13-6-3-2-4-7-13/h2-4,6-7H,5,8-12H2,1H3,(H,16,18)(H,19,20). The van der Waals surface area contributed by atoms with Gasteiger partial charge in [0.1, 0.15) is 12.4 Å². The first-order valence-electron chi connectivity index (χ1n) is 6.93. The number of carbonyl (C=O) groups excluding carboxylic acids is 1. The van der Waals surface area contributed by atoms with E-state index in [9.17, 15) is 9.59 Å². The molecule has 0 saturated heterocycles. The molecule has 0 heterocycles. The van der Waals surface area contributed by atoms with Gasteiger partial charge in [-0.3, -0.25) is 14.5 Å². The van der Waals surface area contributed by atoms with E-state index in [1.165, 1.54) is 0 Å². The molecule has 6 heteroatoms. The summed E-state index contributed by atoms with van der Waals surface area (Å²) in [6.45, 7) is 1.69. The Morgan fingerprint density at radius 1 is 1.29 bits per heavy atom. The minimum atomic E-state index is -0.814. The Morgan fingerprint density at radius 2 is 2.00 bits per heavy atom. The molecule has 1 aromatic carbocycles. The van der Waals surface area contributed by atoms with Gasteiger partial charge in [0, 0.05) is 6.42 Å². The van der Waals surface area contributed by atoms with Crippen LogP contribution in [0, 0.1) is 0 Å². The van der Waals surface area contributed by atoms with E-state index in [1.807, 2.05) is 30.3 Å². The molecule has 116 valence electrons. The number of carboxylic acid groups (broad SMARTS) is 1. The van der Waals surface area contributed by atoms with Crippen molar-refractivity contribution in [3.8, 4) is 5.75 Å². The predicted octanol–water partition coefficient (Wildman–Crippen LogP) is 0.978. The van der Waals surface area contributed by atoms with Gasteiger partial charge in [0.25, 0.3) is 0 Å². The van der Waals surface area contributed by atoms with Gasteiger partial charge in [-0.05, 0) is 32.1 Å².